The van der Waals surface area contributed by atoms with Gasteiger partial charge >= 0.3 is 0 Å². The third-order valence-electron chi connectivity index (χ3n) is 13.1. The van der Waals surface area contributed by atoms with Crippen LogP contribution in [0.1, 0.15) is 66.8 Å². The molecule has 80 heavy (non-hydrogen) atoms. The second-order valence-electron chi connectivity index (χ2n) is 19.6. The molecule has 0 aliphatic heterocycles. The Morgan fingerprint density at radius 1 is 0.388 bits per heavy atom. The van der Waals surface area contributed by atoms with E-state index in [-0.39, 0.29) is 19.8 Å². The van der Waals surface area contributed by atoms with E-state index in [0.717, 1.165) is 78.3 Å². The number of methoxy groups -OCH3 is 4. The fourth-order valence-corrected chi connectivity index (χ4v) is 9.09. The van der Waals surface area contributed by atoms with Crippen molar-refractivity contribution in [1.29, 1.82) is 0 Å². The second kappa shape index (κ2) is 26.2. The molecular weight excluding hydrogens is 1010 g/mol. The standard InChI is InChI=1S/C67H65N3O10/c1-10-48-12-15-55(16-13-48)67-37-70(69-68-67)36-49-22-61(77-41-53-28-63(75-38-50-18-45(3)20-57(24-50)71-6)34-64(29-53)79-40-52-26-59(73-8)32-60(27-52)74-9)33-62(23-49)78-42-54-30-65(76-39-51-19-46(4)21-58(25-51)72-7)35-66(31-54)80-43-56-14-11-44(2)17-47(56)5/h1,11-35,37H,36,38-43H2,2-9H3. The summed E-state index contributed by atoms with van der Waals surface area (Å²) >= 11 is 0. The van der Waals surface area contributed by atoms with Gasteiger partial charge in [0.05, 0.1) is 41.2 Å². The summed E-state index contributed by atoms with van der Waals surface area (Å²) < 4.78 is 63.1. The molecule has 0 atom stereocenters. The van der Waals surface area contributed by atoms with E-state index < -0.39 is 0 Å². The number of terminal acetylenes is 1. The molecule has 0 aliphatic rings. The summed E-state index contributed by atoms with van der Waals surface area (Å²) in [5, 5.41) is 8.98. The van der Waals surface area contributed by atoms with Crippen LogP contribution in [0.2, 0.25) is 0 Å². The largest absolute Gasteiger partial charge is 0.497 e. The predicted molar refractivity (Wildman–Crippen MR) is 309 cm³/mol. The fourth-order valence-electron chi connectivity index (χ4n) is 9.09. The van der Waals surface area contributed by atoms with Crippen LogP contribution >= 0.6 is 0 Å². The second-order valence-corrected chi connectivity index (χ2v) is 19.6. The van der Waals surface area contributed by atoms with E-state index in [2.05, 4.69) is 60.4 Å². The van der Waals surface area contributed by atoms with Crippen LogP contribution in [0.4, 0.5) is 0 Å². The van der Waals surface area contributed by atoms with Crippen molar-refractivity contribution in [1.82, 2.24) is 15.0 Å². The minimum Gasteiger partial charge on any atom is -0.497 e. The van der Waals surface area contributed by atoms with E-state index >= 15 is 0 Å². The van der Waals surface area contributed by atoms with Gasteiger partial charge in [-0.1, -0.05) is 59.2 Å². The van der Waals surface area contributed by atoms with Gasteiger partial charge in [-0.25, -0.2) is 4.68 Å². The van der Waals surface area contributed by atoms with Crippen molar-refractivity contribution in [2.24, 2.45) is 0 Å². The Hall–Kier alpha value is -9.54. The molecule has 13 nitrogen and oxygen atoms in total. The van der Waals surface area contributed by atoms with Crippen LogP contribution in [0, 0.1) is 40.0 Å². The molecule has 0 aliphatic carbocycles. The minimum atomic E-state index is 0.163. The summed E-state index contributed by atoms with van der Waals surface area (Å²) in [6.45, 7) is 10.2. The number of hydrogen-bond acceptors (Lipinski definition) is 12. The first kappa shape index (κ1) is 55.2. The van der Waals surface area contributed by atoms with E-state index in [1.807, 2.05) is 141 Å². The first-order valence-corrected chi connectivity index (χ1v) is 26.1. The lowest BCUT2D eigenvalue weighted by Gasteiger charge is -2.16. The van der Waals surface area contributed by atoms with E-state index in [4.69, 9.17) is 53.8 Å². The third kappa shape index (κ3) is 15.4. The van der Waals surface area contributed by atoms with Gasteiger partial charge in [-0.15, -0.1) is 11.5 Å². The minimum absolute atomic E-state index is 0.163. The van der Waals surface area contributed by atoms with Crippen molar-refractivity contribution >= 4 is 0 Å². The molecule has 0 N–H and O–H groups in total. The number of nitrogens with zero attached hydrogens (tertiary/aromatic N) is 3. The summed E-state index contributed by atoms with van der Waals surface area (Å²) in [6.07, 6.45) is 7.53. The fraction of sp³-hybridized carbons (Fsp3) is 0.224. The molecule has 9 aromatic rings. The Labute approximate surface area is 468 Å². The van der Waals surface area contributed by atoms with Crippen LogP contribution in [0.3, 0.4) is 0 Å². The van der Waals surface area contributed by atoms with Gasteiger partial charge < -0.3 is 47.4 Å². The van der Waals surface area contributed by atoms with Gasteiger partial charge in [-0.3, -0.25) is 0 Å². The SMILES string of the molecule is C#Cc1ccc(-c2cn(Cc3cc(OCc4cc(OCc5cc(C)cc(OC)c5)cc(OCc5cc(OC)cc(OC)c5)c4)cc(OCc4cc(OCc5cc(C)cc(OC)c5)cc(OCc5ccc(C)cc5C)c4)c3)nn2)cc1. The van der Waals surface area contributed by atoms with Crippen LogP contribution in [-0.2, 0) is 46.2 Å². The molecule has 0 fully saturated rings. The molecule has 0 amide bonds. The molecule has 0 saturated heterocycles. The summed E-state index contributed by atoms with van der Waals surface area (Å²) in [6, 6.07) is 49.2. The summed E-state index contributed by atoms with van der Waals surface area (Å²) in [7, 11) is 6.56. The Morgan fingerprint density at radius 3 is 1.18 bits per heavy atom. The van der Waals surface area contributed by atoms with Gasteiger partial charge in [0.2, 0.25) is 0 Å². The number of hydrogen-bond donors (Lipinski definition) is 0. The lowest BCUT2D eigenvalue weighted by molar-refractivity contribution is 0.275. The molecule has 0 bridgehead atoms. The van der Waals surface area contributed by atoms with Crippen LogP contribution in [0.25, 0.3) is 11.3 Å². The van der Waals surface area contributed by atoms with Gasteiger partial charge in [0.1, 0.15) is 103 Å². The normalized spacial score (nSPS) is 10.8. The maximum Gasteiger partial charge on any atom is 0.123 e. The van der Waals surface area contributed by atoms with Crippen LogP contribution < -0.4 is 47.4 Å². The zero-order valence-corrected chi connectivity index (χ0v) is 46.5. The maximum absolute atomic E-state index is 6.68. The zero-order valence-electron chi connectivity index (χ0n) is 46.5. The molecule has 0 spiro atoms. The molecule has 1 aromatic heterocycles. The Bertz CT molecular complexity index is 3600. The van der Waals surface area contributed by atoms with E-state index in [9.17, 15) is 0 Å². The maximum atomic E-state index is 6.68. The topological polar surface area (TPSA) is 123 Å². The average Bonchev–Trinajstić information content (AvgIpc) is 3.94. The third-order valence-corrected chi connectivity index (χ3v) is 13.1. The molecule has 13 heteroatoms. The molecule has 0 radical (unpaired) electrons. The van der Waals surface area contributed by atoms with E-state index in [1.165, 1.54) is 5.56 Å². The Balaban J connectivity index is 1.000. The van der Waals surface area contributed by atoms with Crippen LogP contribution in [0.15, 0.2) is 158 Å². The first-order chi connectivity index (χ1) is 38.9. The highest BCUT2D eigenvalue weighted by Crippen LogP contribution is 2.32. The summed E-state index contributed by atoms with van der Waals surface area (Å²) in [4.78, 5) is 0. The Morgan fingerprint density at radius 2 is 0.762 bits per heavy atom. The van der Waals surface area contributed by atoms with Crippen molar-refractivity contribution in [3.8, 4) is 81.1 Å². The van der Waals surface area contributed by atoms with Crippen molar-refractivity contribution in [2.45, 2.75) is 73.9 Å². The predicted octanol–water partition coefficient (Wildman–Crippen LogP) is 13.7. The highest BCUT2D eigenvalue weighted by atomic mass is 16.5. The van der Waals surface area contributed by atoms with Crippen molar-refractivity contribution in [3.05, 3.63) is 225 Å². The number of aryl methyl sites for hydroxylation is 4. The summed E-state index contributed by atoms with van der Waals surface area (Å²) in [5.41, 5.74) is 13.3. The molecule has 1 heterocycles. The van der Waals surface area contributed by atoms with Gasteiger partial charge in [0.15, 0.2) is 0 Å². The Kier molecular flexibility index (Phi) is 18.1. The van der Waals surface area contributed by atoms with Crippen LogP contribution in [0.5, 0.6) is 57.5 Å². The molecule has 8 aromatic carbocycles. The number of aromatic nitrogens is 3. The molecule has 9 rings (SSSR count). The molecule has 0 unspecified atom stereocenters. The van der Waals surface area contributed by atoms with Gasteiger partial charge in [-0.2, -0.15) is 0 Å². The quantitative estimate of drug-likeness (QED) is 0.0506. The molecular formula is C67H65N3O10. The molecule has 0 saturated carbocycles. The highest BCUT2D eigenvalue weighted by molar-refractivity contribution is 5.59. The number of rotatable bonds is 25. The van der Waals surface area contributed by atoms with Crippen LogP contribution in [-0.4, -0.2) is 43.4 Å². The smallest absolute Gasteiger partial charge is 0.123 e. The van der Waals surface area contributed by atoms with Crippen molar-refractivity contribution in [2.75, 3.05) is 28.4 Å². The highest BCUT2D eigenvalue weighted by Gasteiger charge is 2.14. The van der Waals surface area contributed by atoms with Gasteiger partial charge in [-0.05, 0) is 168 Å². The zero-order chi connectivity index (χ0) is 56.0. The number of ether oxygens (including phenoxy) is 10. The summed E-state index contributed by atoms with van der Waals surface area (Å²) in [5.74, 6) is 9.12. The van der Waals surface area contributed by atoms with E-state index in [0.29, 0.717) is 78.1 Å². The van der Waals surface area contributed by atoms with Gasteiger partial charge in [0.25, 0.3) is 0 Å². The van der Waals surface area contributed by atoms with Gasteiger partial charge in [0, 0.05) is 35.4 Å². The lowest BCUT2D eigenvalue weighted by atomic mass is 10.1. The van der Waals surface area contributed by atoms with Crippen molar-refractivity contribution in [3.63, 3.8) is 0 Å². The lowest BCUT2D eigenvalue weighted by Crippen LogP contribution is -2.05. The molecule has 408 valence electrons. The average molecular weight is 1070 g/mol. The number of benzene rings is 8. The monoisotopic (exact) mass is 1070 g/mol. The first-order valence-electron chi connectivity index (χ1n) is 26.1. The van der Waals surface area contributed by atoms with E-state index in [1.54, 1.807) is 33.1 Å². The van der Waals surface area contributed by atoms with Crippen molar-refractivity contribution < 1.29 is 47.4 Å².